The monoisotopic (exact) mass is 467 g/mol. The molecule has 0 aliphatic heterocycles. The summed E-state index contributed by atoms with van der Waals surface area (Å²) in [6.45, 7) is 5.28. The predicted molar refractivity (Wildman–Crippen MR) is 128 cm³/mol. The van der Waals surface area contributed by atoms with Crippen LogP contribution in [0.4, 0.5) is 0 Å². The maximum Gasteiger partial charge on any atom is 0.266 e. The molecule has 0 radical (unpaired) electrons. The highest BCUT2D eigenvalue weighted by Crippen LogP contribution is 2.67. The topological polar surface area (TPSA) is 74.7 Å². The summed E-state index contributed by atoms with van der Waals surface area (Å²) in [4.78, 5) is 13.8. The molecule has 0 spiro atoms. The lowest BCUT2D eigenvalue weighted by Crippen LogP contribution is -2.52. The Morgan fingerprint density at radius 1 is 0.969 bits per heavy atom. The first kappa shape index (κ1) is 24.5. The van der Waals surface area contributed by atoms with Crippen molar-refractivity contribution in [1.29, 1.82) is 0 Å². The predicted octanol–water partition coefficient (Wildman–Crippen LogP) is 5.55. The molecule has 6 heteroatoms. The summed E-state index contributed by atoms with van der Waals surface area (Å²) in [7, 11) is -2.39. The van der Waals surface area contributed by atoms with E-state index in [2.05, 4.69) is 13.8 Å². The molecule has 0 aromatic heterocycles. The third-order valence-electron chi connectivity index (χ3n) is 10.8. The van der Waals surface area contributed by atoms with Crippen molar-refractivity contribution >= 4 is 16.0 Å². The summed E-state index contributed by atoms with van der Waals surface area (Å²) < 4.78 is 30.8. The molecular weight excluding hydrogens is 422 g/mol. The maximum absolute atomic E-state index is 12.4. The summed E-state index contributed by atoms with van der Waals surface area (Å²) >= 11 is 0. The Labute approximate surface area is 195 Å². The van der Waals surface area contributed by atoms with Crippen LogP contribution in [-0.4, -0.2) is 43.1 Å². The molecule has 7 atom stereocenters. The molecule has 1 amide bonds. The Morgan fingerprint density at radius 3 is 2.47 bits per heavy atom. The second kappa shape index (κ2) is 9.20. The molecule has 0 saturated heterocycles. The fraction of sp³-hybridized carbons (Fsp3) is 0.962. The molecule has 4 saturated carbocycles. The minimum absolute atomic E-state index is 0.0133. The number of hydrogen-bond donors (Lipinski definition) is 1. The fourth-order valence-corrected chi connectivity index (χ4v) is 9.45. The van der Waals surface area contributed by atoms with E-state index in [1.54, 1.807) is 7.05 Å². The van der Waals surface area contributed by atoms with Gasteiger partial charge in [0.25, 0.3) is 10.1 Å². The van der Waals surface area contributed by atoms with E-state index >= 15 is 0 Å². The van der Waals surface area contributed by atoms with Crippen LogP contribution in [0.15, 0.2) is 0 Å². The molecule has 0 aromatic carbocycles. The average Bonchev–Trinajstić information content (AvgIpc) is 3.07. The van der Waals surface area contributed by atoms with E-state index in [9.17, 15) is 13.2 Å². The Bertz CT molecular complexity index is 798. The lowest BCUT2D eigenvalue weighted by Gasteiger charge is -2.60. The first-order valence-corrected chi connectivity index (χ1v) is 14.8. The lowest BCUT2D eigenvalue weighted by atomic mass is 9.45. The summed E-state index contributed by atoms with van der Waals surface area (Å²) in [5, 5.41) is 0. The first-order valence-electron chi connectivity index (χ1n) is 13.2. The number of carbonyl (C=O) groups excluding carboxylic acids is 1. The Morgan fingerprint density at radius 2 is 1.72 bits per heavy atom. The molecule has 0 aromatic rings. The van der Waals surface area contributed by atoms with Crippen LogP contribution in [0.5, 0.6) is 0 Å². The van der Waals surface area contributed by atoms with Gasteiger partial charge in [0.1, 0.15) is 0 Å². The first-order chi connectivity index (χ1) is 15.0. The van der Waals surface area contributed by atoms with Gasteiger partial charge in [-0.2, -0.15) is 8.42 Å². The molecule has 4 aliphatic carbocycles. The van der Waals surface area contributed by atoms with Crippen molar-refractivity contribution in [3.63, 3.8) is 0 Å². The molecule has 0 heterocycles. The van der Waals surface area contributed by atoms with Crippen LogP contribution in [0.3, 0.4) is 0 Å². The van der Waals surface area contributed by atoms with Gasteiger partial charge >= 0.3 is 0 Å². The van der Waals surface area contributed by atoms with Gasteiger partial charge in [0, 0.05) is 20.0 Å². The van der Waals surface area contributed by atoms with Crippen LogP contribution >= 0.6 is 0 Å². The second-order valence-corrected chi connectivity index (χ2v) is 13.8. The van der Waals surface area contributed by atoms with E-state index in [1.807, 2.05) is 0 Å². The van der Waals surface area contributed by atoms with E-state index < -0.39 is 10.1 Å². The Kier molecular flexibility index (Phi) is 7.05. The zero-order chi connectivity index (χ0) is 23.1. The SMILES string of the molecule is CN(CCS(=O)(=O)O)C(=O)CCCC1CCC2C3CCC4CCCCC4(C)C3CCC12C. The number of hydrogen-bond acceptors (Lipinski definition) is 3. The highest BCUT2D eigenvalue weighted by atomic mass is 32.2. The molecule has 4 rings (SSSR count). The zero-order valence-electron chi connectivity index (χ0n) is 20.5. The van der Waals surface area contributed by atoms with Crippen molar-refractivity contribution in [3.8, 4) is 0 Å². The van der Waals surface area contributed by atoms with Crippen molar-refractivity contribution in [3.05, 3.63) is 0 Å². The number of fused-ring (bicyclic) bond motifs is 5. The molecule has 4 aliphatic rings. The quantitative estimate of drug-likeness (QED) is 0.498. The molecule has 32 heavy (non-hydrogen) atoms. The molecular formula is C26H45NO4S. The summed E-state index contributed by atoms with van der Waals surface area (Å²) in [5.74, 6) is 4.03. The van der Waals surface area contributed by atoms with Gasteiger partial charge in [-0.05, 0) is 105 Å². The minimum Gasteiger partial charge on any atom is -0.345 e. The van der Waals surface area contributed by atoms with Gasteiger partial charge in [-0.1, -0.05) is 26.7 Å². The van der Waals surface area contributed by atoms with Gasteiger partial charge in [0.05, 0.1) is 5.75 Å². The highest BCUT2D eigenvalue weighted by Gasteiger charge is 2.59. The van der Waals surface area contributed by atoms with Crippen LogP contribution in [0.25, 0.3) is 0 Å². The van der Waals surface area contributed by atoms with Gasteiger partial charge in [-0.25, -0.2) is 0 Å². The van der Waals surface area contributed by atoms with Crippen molar-refractivity contribution in [1.82, 2.24) is 4.90 Å². The van der Waals surface area contributed by atoms with Crippen LogP contribution in [-0.2, 0) is 14.9 Å². The fourth-order valence-electron chi connectivity index (χ4n) is 8.95. The third kappa shape index (κ3) is 4.64. The average molecular weight is 468 g/mol. The lowest BCUT2D eigenvalue weighted by molar-refractivity contribution is -0.130. The number of carbonyl (C=O) groups is 1. The third-order valence-corrected chi connectivity index (χ3v) is 11.5. The second-order valence-electron chi connectivity index (χ2n) is 12.2. The molecule has 1 N–H and O–H groups in total. The van der Waals surface area contributed by atoms with Gasteiger partial charge in [-0.15, -0.1) is 0 Å². The van der Waals surface area contributed by atoms with Crippen molar-refractivity contribution in [2.75, 3.05) is 19.3 Å². The largest absolute Gasteiger partial charge is 0.345 e. The Hall–Kier alpha value is -0.620. The molecule has 5 nitrogen and oxygen atoms in total. The van der Waals surface area contributed by atoms with Gasteiger partial charge < -0.3 is 4.90 Å². The maximum atomic E-state index is 12.4. The molecule has 7 unspecified atom stereocenters. The van der Waals surface area contributed by atoms with Crippen LogP contribution < -0.4 is 0 Å². The number of amides is 1. The van der Waals surface area contributed by atoms with Crippen LogP contribution in [0.1, 0.15) is 97.3 Å². The van der Waals surface area contributed by atoms with E-state index in [4.69, 9.17) is 4.55 Å². The van der Waals surface area contributed by atoms with Crippen LogP contribution in [0, 0.1) is 40.4 Å². The summed E-state index contributed by atoms with van der Waals surface area (Å²) in [6, 6.07) is 0. The zero-order valence-corrected chi connectivity index (χ0v) is 21.3. The Balaban J connectivity index is 1.32. The number of rotatable bonds is 7. The van der Waals surface area contributed by atoms with E-state index in [1.165, 1.54) is 69.1 Å². The number of nitrogens with zero attached hydrogens (tertiary/aromatic N) is 1. The van der Waals surface area contributed by atoms with E-state index in [0.29, 0.717) is 17.3 Å². The van der Waals surface area contributed by atoms with Crippen molar-refractivity contribution in [2.45, 2.75) is 97.3 Å². The van der Waals surface area contributed by atoms with Gasteiger partial charge in [0.15, 0.2) is 0 Å². The van der Waals surface area contributed by atoms with Gasteiger partial charge in [-0.3, -0.25) is 9.35 Å². The molecule has 0 bridgehead atoms. The summed E-state index contributed by atoms with van der Waals surface area (Å²) in [5.41, 5.74) is 1.04. The van der Waals surface area contributed by atoms with Gasteiger partial charge in [0.2, 0.25) is 5.91 Å². The van der Waals surface area contributed by atoms with Crippen molar-refractivity contribution < 1.29 is 17.8 Å². The summed E-state index contributed by atoms with van der Waals surface area (Å²) in [6.07, 6.45) is 16.7. The van der Waals surface area contributed by atoms with Crippen LogP contribution in [0.2, 0.25) is 0 Å². The highest BCUT2D eigenvalue weighted by molar-refractivity contribution is 7.85. The smallest absolute Gasteiger partial charge is 0.266 e. The van der Waals surface area contributed by atoms with E-state index in [-0.39, 0.29) is 18.2 Å². The molecule has 184 valence electrons. The van der Waals surface area contributed by atoms with E-state index in [0.717, 1.165) is 42.4 Å². The normalized spacial score (nSPS) is 41.4. The molecule has 4 fully saturated rings. The van der Waals surface area contributed by atoms with Crippen molar-refractivity contribution in [2.24, 2.45) is 40.4 Å². The standard InChI is InChI=1S/C26H45NO4S/c1-25-15-5-4-7-19(25)10-12-21-22-13-11-20(26(22,2)16-14-23(21)25)8-6-9-24(28)27(3)17-18-32(29,30)31/h19-23H,4-18H2,1-3H3,(H,29,30,31). The minimum atomic E-state index is -4.02.